The quantitative estimate of drug-likeness (QED) is 0.263. The molecule has 1 saturated heterocycles. The van der Waals surface area contributed by atoms with E-state index in [0.717, 1.165) is 55.2 Å². The van der Waals surface area contributed by atoms with E-state index in [-0.39, 0.29) is 5.91 Å². The van der Waals surface area contributed by atoms with E-state index in [1.54, 1.807) is 4.90 Å². The number of thiazole rings is 1. The normalized spacial score (nSPS) is 14.0. The maximum atomic E-state index is 14.1. The van der Waals surface area contributed by atoms with E-state index in [2.05, 4.69) is 4.90 Å². The number of carbonyl (C=O) groups excluding carboxylic acids is 1. The van der Waals surface area contributed by atoms with Gasteiger partial charge in [-0.15, -0.1) is 0 Å². The molecule has 1 aromatic heterocycles. The van der Waals surface area contributed by atoms with Gasteiger partial charge in [0.05, 0.1) is 30.1 Å². The fourth-order valence-corrected chi connectivity index (χ4v) is 5.36. The predicted molar refractivity (Wildman–Crippen MR) is 147 cm³/mol. The van der Waals surface area contributed by atoms with Crippen molar-refractivity contribution < 1.29 is 19.0 Å². The Morgan fingerprint density at radius 3 is 2.57 bits per heavy atom. The monoisotopic (exact) mass is 517 g/mol. The van der Waals surface area contributed by atoms with E-state index in [0.29, 0.717) is 35.3 Å². The summed E-state index contributed by atoms with van der Waals surface area (Å²) in [5.41, 5.74) is 1.28. The molecule has 1 fully saturated rings. The molecule has 1 amide bonds. The number of fused-ring (bicyclic) bond motifs is 1. The minimum Gasteiger partial charge on any atom is -0.492 e. The van der Waals surface area contributed by atoms with E-state index in [4.69, 9.17) is 19.2 Å². The molecule has 0 N–H and O–H groups in total. The number of hydrogen-bond donors (Lipinski definition) is 0. The molecule has 8 heteroatoms. The van der Waals surface area contributed by atoms with Crippen molar-refractivity contribution in [2.75, 3.05) is 50.9 Å². The summed E-state index contributed by atoms with van der Waals surface area (Å²) in [5, 5.41) is 0.656. The summed E-state index contributed by atoms with van der Waals surface area (Å²) in [4.78, 5) is 23.1. The van der Waals surface area contributed by atoms with Crippen molar-refractivity contribution in [2.24, 2.45) is 0 Å². The number of benzene rings is 3. The summed E-state index contributed by atoms with van der Waals surface area (Å²) >= 11 is 1.50. The third-order valence-electron chi connectivity index (χ3n) is 6.19. The summed E-state index contributed by atoms with van der Waals surface area (Å²) in [7, 11) is 0. The predicted octanol–water partition coefficient (Wildman–Crippen LogP) is 5.86. The average molecular weight is 518 g/mol. The Morgan fingerprint density at radius 2 is 1.76 bits per heavy atom. The number of anilines is 1. The Hall–Kier alpha value is -3.46. The molecular formula is C29H31N3O4S. The molecule has 2 heterocycles. The van der Waals surface area contributed by atoms with Crippen LogP contribution in [-0.4, -0.2) is 61.8 Å². The van der Waals surface area contributed by atoms with Crippen molar-refractivity contribution in [3.63, 3.8) is 0 Å². The maximum absolute atomic E-state index is 14.1. The molecule has 1 aliphatic rings. The highest BCUT2D eigenvalue weighted by molar-refractivity contribution is 7.22. The van der Waals surface area contributed by atoms with E-state index in [1.165, 1.54) is 11.3 Å². The minimum absolute atomic E-state index is 0.134. The summed E-state index contributed by atoms with van der Waals surface area (Å²) in [6, 6.07) is 22.8. The maximum Gasteiger partial charge on any atom is 0.263 e. The van der Waals surface area contributed by atoms with Crippen LogP contribution < -0.4 is 14.4 Å². The number of aromatic nitrogens is 1. The SMILES string of the molecule is CCOc1cccc2sc(N(CCCN3CCOCC3)C(=O)c3ccccc3Oc3ccccc3)nc12. The topological polar surface area (TPSA) is 64.1 Å². The number of ether oxygens (including phenoxy) is 3. The van der Waals surface area contributed by atoms with E-state index in [1.807, 2.05) is 79.7 Å². The van der Waals surface area contributed by atoms with Crippen LogP contribution in [0.1, 0.15) is 23.7 Å². The van der Waals surface area contributed by atoms with Crippen molar-refractivity contribution in [1.29, 1.82) is 0 Å². The Morgan fingerprint density at radius 1 is 1.00 bits per heavy atom. The van der Waals surface area contributed by atoms with Crippen LogP contribution in [0.2, 0.25) is 0 Å². The molecule has 5 rings (SSSR count). The number of rotatable bonds is 10. The van der Waals surface area contributed by atoms with Gasteiger partial charge in [0, 0.05) is 26.2 Å². The molecule has 0 atom stereocenters. The molecule has 0 aliphatic carbocycles. The number of morpholine rings is 1. The highest BCUT2D eigenvalue weighted by Gasteiger charge is 2.25. The summed E-state index contributed by atoms with van der Waals surface area (Å²) < 4.78 is 18.4. The molecule has 7 nitrogen and oxygen atoms in total. The highest BCUT2D eigenvalue weighted by atomic mass is 32.1. The zero-order valence-corrected chi connectivity index (χ0v) is 21.8. The molecule has 0 spiro atoms. The average Bonchev–Trinajstić information content (AvgIpc) is 3.37. The van der Waals surface area contributed by atoms with Gasteiger partial charge in [0.25, 0.3) is 5.91 Å². The second-order valence-corrected chi connectivity index (χ2v) is 9.72. The lowest BCUT2D eigenvalue weighted by Crippen LogP contribution is -2.39. The standard InChI is InChI=1S/C29H31N3O4S/c1-2-35-25-14-8-15-26-27(25)30-29(37-26)32(17-9-16-31-18-20-34-21-19-31)28(33)23-12-6-7-13-24(23)36-22-10-4-3-5-11-22/h3-8,10-15H,2,9,16-21H2,1H3. The van der Waals surface area contributed by atoms with Crippen LogP contribution >= 0.6 is 11.3 Å². The van der Waals surface area contributed by atoms with Gasteiger partial charge in [0.1, 0.15) is 22.8 Å². The van der Waals surface area contributed by atoms with Crippen LogP contribution in [-0.2, 0) is 4.74 Å². The van der Waals surface area contributed by atoms with Crippen molar-refractivity contribution >= 4 is 32.6 Å². The van der Waals surface area contributed by atoms with Gasteiger partial charge in [-0.25, -0.2) is 4.98 Å². The molecule has 1 aliphatic heterocycles. The third-order valence-corrected chi connectivity index (χ3v) is 7.24. The third kappa shape index (κ3) is 6.10. The molecule has 37 heavy (non-hydrogen) atoms. The van der Waals surface area contributed by atoms with Gasteiger partial charge >= 0.3 is 0 Å². The highest BCUT2D eigenvalue weighted by Crippen LogP contribution is 2.36. The summed E-state index contributed by atoms with van der Waals surface area (Å²) in [6.07, 6.45) is 0.821. The lowest BCUT2D eigenvalue weighted by molar-refractivity contribution is 0.0376. The largest absolute Gasteiger partial charge is 0.492 e. The Kier molecular flexibility index (Phi) is 8.30. The van der Waals surface area contributed by atoms with Gasteiger partial charge < -0.3 is 14.2 Å². The van der Waals surface area contributed by atoms with Crippen LogP contribution in [0.15, 0.2) is 72.8 Å². The molecule has 0 saturated carbocycles. The molecule has 0 unspecified atom stereocenters. The van der Waals surface area contributed by atoms with Crippen LogP contribution in [0.4, 0.5) is 5.13 Å². The molecular weight excluding hydrogens is 486 g/mol. The van der Waals surface area contributed by atoms with E-state index < -0.39 is 0 Å². The number of nitrogens with zero attached hydrogens (tertiary/aromatic N) is 3. The van der Waals surface area contributed by atoms with Gasteiger partial charge in [-0.2, -0.15) is 0 Å². The van der Waals surface area contributed by atoms with Gasteiger partial charge in [-0.3, -0.25) is 14.6 Å². The number of carbonyl (C=O) groups is 1. The minimum atomic E-state index is -0.134. The Labute approximate surface area is 221 Å². The summed E-state index contributed by atoms with van der Waals surface area (Å²) in [6.45, 7) is 7.29. The van der Waals surface area contributed by atoms with E-state index in [9.17, 15) is 4.79 Å². The van der Waals surface area contributed by atoms with E-state index >= 15 is 0 Å². The molecule has 192 valence electrons. The number of hydrogen-bond acceptors (Lipinski definition) is 7. The fraction of sp³-hybridized carbons (Fsp3) is 0.310. The van der Waals surface area contributed by atoms with Crippen LogP contribution in [0.5, 0.6) is 17.2 Å². The zero-order chi connectivity index (χ0) is 25.5. The van der Waals surface area contributed by atoms with Crippen molar-refractivity contribution in [3.05, 3.63) is 78.4 Å². The first-order valence-electron chi connectivity index (χ1n) is 12.7. The molecule has 0 bridgehead atoms. The van der Waals surface area contributed by atoms with Crippen LogP contribution in [0, 0.1) is 0 Å². The van der Waals surface area contributed by atoms with Crippen LogP contribution in [0.3, 0.4) is 0 Å². The van der Waals surface area contributed by atoms with Gasteiger partial charge in [0.15, 0.2) is 5.13 Å². The lowest BCUT2D eigenvalue weighted by atomic mass is 10.1. The fourth-order valence-electron chi connectivity index (χ4n) is 4.35. The first-order valence-corrected chi connectivity index (χ1v) is 13.5. The second-order valence-electron chi connectivity index (χ2n) is 8.71. The molecule has 4 aromatic rings. The molecule has 3 aromatic carbocycles. The number of para-hydroxylation sites is 3. The first kappa shape index (κ1) is 25.2. The molecule has 0 radical (unpaired) electrons. The van der Waals surface area contributed by atoms with Crippen LogP contribution in [0.25, 0.3) is 10.2 Å². The smallest absolute Gasteiger partial charge is 0.263 e. The van der Waals surface area contributed by atoms with Gasteiger partial charge in [-0.05, 0) is 49.7 Å². The zero-order valence-electron chi connectivity index (χ0n) is 21.0. The summed E-state index contributed by atoms with van der Waals surface area (Å²) in [5.74, 6) is 1.80. The van der Waals surface area contributed by atoms with Gasteiger partial charge in [-0.1, -0.05) is 47.7 Å². The number of amides is 1. The second kappa shape index (κ2) is 12.2. The van der Waals surface area contributed by atoms with Crippen molar-refractivity contribution in [1.82, 2.24) is 9.88 Å². The van der Waals surface area contributed by atoms with Crippen molar-refractivity contribution in [2.45, 2.75) is 13.3 Å². The van der Waals surface area contributed by atoms with Gasteiger partial charge in [0.2, 0.25) is 0 Å². The lowest BCUT2D eigenvalue weighted by Gasteiger charge is -2.28. The first-order chi connectivity index (χ1) is 18.2. The Bertz CT molecular complexity index is 1320. The Balaban J connectivity index is 1.45. The van der Waals surface area contributed by atoms with Crippen molar-refractivity contribution in [3.8, 4) is 17.2 Å².